The molecule has 0 bridgehead atoms. The third-order valence-electron chi connectivity index (χ3n) is 3.53. The zero-order valence-corrected chi connectivity index (χ0v) is 10.9. The maximum Gasteiger partial charge on any atom is 0.0280 e. The van der Waals surface area contributed by atoms with E-state index in [1.54, 1.807) is 0 Å². The number of allylic oxidation sites excluding steroid dienone is 1. The van der Waals surface area contributed by atoms with Gasteiger partial charge in [-0.3, -0.25) is 4.90 Å². The molecule has 0 saturated carbocycles. The molecule has 0 heterocycles. The lowest BCUT2D eigenvalue weighted by Crippen LogP contribution is -2.44. The summed E-state index contributed by atoms with van der Waals surface area (Å²) in [5, 5.41) is 0. The van der Waals surface area contributed by atoms with Crippen molar-refractivity contribution in [2.75, 3.05) is 7.05 Å². The van der Waals surface area contributed by atoms with Crippen LogP contribution in [0.2, 0.25) is 0 Å². The van der Waals surface area contributed by atoms with Gasteiger partial charge in [0.1, 0.15) is 0 Å². The van der Waals surface area contributed by atoms with Crippen LogP contribution in [-0.4, -0.2) is 23.5 Å². The summed E-state index contributed by atoms with van der Waals surface area (Å²) in [6.07, 6.45) is 13.0. The Morgan fingerprint density at radius 3 is 2.40 bits per heavy atom. The third-order valence-corrected chi connectivity index (χ3v) is 3.53. The highest BCUT2D eigenvalue weighted by Gasteiger charge is 2.23. The Morgan fingerprint density at radius 1 is 1.07 bits per heavy atom. The van der Waals surface area contributed by atoms with Crippen LogP contribution in [0.1, 0.15) is 59.3 Å². The van der Waals surface area contributed by atoms with Crippen LogP contribution >= 0.6 is 0 Å². The summed E-state index contributed by atoms with van der Waals surface area (Å²) >= 11 is 0. The molecule has 0 fully saturated rings. The first kappa shape index (κ1) is 12.8. The molecule has 1 atom stereocenters. The Balaban J connectivity index is 2.59. The number of hydrogen-bond donors (Lipinski definition) is 0. The molecule has 15 heavy (non-hydrogen) atoms. The zero-order valence-electron chi connectivity index (χ0n) is 10.9. The van der Waals surface area contributed by atoms with Gasteiger partial charge in [-0.05, 0) is 47.1 Å². The maximum absolute atomic E-state index is 2.51. The smallest absolute Gasteiger partial charge is 0.0280 e. The lowest BCUT2D eigenvalue weighted by atomic mass is 10.00. The molecule has 1 nitrogen and oxygen atoms in total. The van der Waals surface area contributed by atoms with Gasteiger partial charge in [0, 0.05) is 11.6 Å². The van der Waals surface area contributed by atoms with Gasteiger partial charge in [-0.2, -0.15) is 0 Å². The summed E-state index contributed by atoms with van der Waals surface area (Å²) < 4.78 is 0. The normalized spacial score (nSPS) is 24.7. The Morgan fingerprint density at radius 2 is 1.73 bits per heavy atom. The molecule has 1 heteroatoms. The average Bonchev–Trinajstić information content (AvgIpc) is 2.27. The topological polar surface area (TPSA) is 3.24 Å². The number of nitrogens with zero attached hydrogens (tertiary/aromatic N) is 1. The number of hydrogen-bond acceptors (Lipinski definition) is 1. The Kier molecular flexibility index (Phi) is 4.85. The van der Waals surface area contributed by atoms with E-state index in [-0.39, 0.29) is 5.54 Å². The van der Waals surface area contributed by atoms with Crippen molar-refractivity contribution in [3.05, 3.63) is 12.2 Å². The minimum atomic E-state index is 0.281. The highest BCUT2D eigenvalue weighted by atomic mass is 15.2. The van der Waals surface area contributed by atoms with Gasteiger partial charge in [0.2, 0.25) is 0 Å². The Labute approximate surface area is 95.5 Å². The highest BCUT2D eigenvalue weighted by Crippen LogP contribution is 2.21. The monoisotopic (exact) mass is 209 g/mol. The first-order chi connectivity index (χ1) is 7.02. The largest absolute Gasteiger partial charge is 0.295 e. The second-order valence-corrected chi connectivity index (χ2v) is 5.77. The molecule has 1 aliphatic carbocycles. The van der Waals surface area contributed by atoms with Crippen molar-refractivity contribution in [2.24, 2.45) is 0 Å². The van der Waals surface area contributed by atoms with E-state index in [0.717, 1.165) is 0 Å². The van der Waals surface area contributed by atoms with Crippen LogP contribution in [0.4, 0.5) is 0 Å². The molecule has 1 rings (SSSR count). The molecule has 1 aliphatic rings. The van der Waals surface area contributed by atoms with Gasteiger partial charge in [0.25, 0.3) is 0 Å². The zero-order chi connectivity index (χ0) is 11.3. The number of rotatable bonds is 1. The van der Waals surface area contributed by atoms with Crippen molar-refractivity contribution in [2.45, 2.75) is 70.9 Å². The first-order valence-corrected chi connectivity index (χ1v) is 6.41. The maximum atomic E-state index is 2.51. The van der Waals surface area contributed by atoms with Gasteiger partial charge in [0.15, 0.2) is 0 Å². The predicted octanol–water partition coefficient (Wildman–Crippen LogP) is 4.00. The molecule has 0 aromatic carbocycles. The second kappa shape index (κ2) is 5.69. The standard InChI is InChI=1S/C14H27N/c1-14(2,3)15(4)13-11-9-7-5-6-8-10-12-13/h9,11,13H,5-8,10,12H2,1-4H3. The molecule has 1 unspecified atom stereocenters. The first-order valence-electron chi connectivity index (χ1n) is 6.41. The van der Waals surface area contributed by atoms with Crippen molar-refractivity contribution in [3.8, 4) is 0 Å². The third kappa shape index (κ3) is 4.38. The molecule has 0 aromatic rings. The molecule has 0 saturated heterocycles. The Hall–Kier alpha value is -0.300. The number of likely N-dealkylation sites (N-methyl/N-ethyl adjacent to an activating group) is 1. The van der Waals surface area contributed by atoms with Crippen LogP contribution < -0.4 is 0 Å². The summed E-state index contributed by atoms with van der Waals surface area (Å²) in [5.74, 6) is 0. The SMILES string of the molecule is CN(C1C=CCCCCCC1)C(C)(C)C. The van der Waals surface area contributed by atoms with E-state index in [2.05, 4.69) is 44.9 Å². The van der Waals surface area contributed by atoms with Crippen molar-refractivity contribution in [3.63, 3.8) is 0 Å². The molecular weight excluding hydrogens is 182 g/mol. The van der Waals surface area contributed by atoms with Crippen molar-refractivity contribution >= 4 is 0 Å². The molecule has 88 valence electrons. The summed E-state index contributed by atoms with van der Waals surface area (Å²) in [4.78, 5) is 2.51. The summed E-state index contributed by atoms with van der Waals surface area (Å²) in [5.41, 5.74) is 0.281. The second-order valence-electron chi connectivity index (χ2n) is 5.77. The van der Waals surface area contributed by atoms with E-state index in [4.69, 9.17) is 0 Å². The van der Waals surface area contributed by atoms with E-state index in [0.29, 0.717) is 6.04 Å². The van der Waals surface area contributed by atoms with Gasteiger partial charge >= 0.3 is 0 Å². The van der Waals surface area contributed by atoms with E-state index >= 15 is 0 Å². The predicted molar refractivity (Wildman–Crippen MR) is 68.1 cm³/mol. The molecule has 0 aromatic heterocycles. The van der Waals surface area contributed by atoms with Gasteiger partial charge in [-0.15, -0.1) is 0 Å². The van der Waals surface area contributed by atoms with E-state index in [1.807, 2.05) is 0 Å². The average molecular weight is 209 g/mol. The minimum Gasteiger partial charge on any atom is -0.295 e. The van der Waals surface area contributed by atoms with E-state index in [9.17, 15) is 0 Å². The van der Waals surface area contributed by atoms with E-state index in [1.165, 1.54) is 38.5 Å². The van der Waals surface area contributed by atoms with Crippen LogP contribution in [0.5, 0.6) is 0 Å². The molecular formula is C14H27N. The van der Waals surface area contributed by atoms with Crippen molar-refractivity contribution < 1.29 is 0 Å². The van der Waals surface area contributed by atoms with Crippen molar-refractivity contribution in [1.82, 2.24) is 4.90 Å². The molecule has 0 radical (unpaired) electrons. The van der Waals surface area contributed by atoms with E-state index < -0.39 is 0 Å². The van der Waals surface area contributed by atoms with Crippen LogP contribution in [0, 0.1) is 0 Å². The molecule has 0 spiro atoms. The van der Waals surface area contributed by atoms with Gasteiger partial charge in [0.05, 0.1) is 0 Å². The van der Waals surface area contributed by atoms with Gasteiger partial charge in [-0.1, -0.05) is 31.4 Å². The van der Waals surface area contributed by atoms with Crippen LogP contribution in [-0.2, 0) is 0 Å². The molecule has 0 amide bonds. The van der Waals surface area contributed by atoms with Crippen LogP contribution in [0.15, 0.2) is 12.2 Å². The van der Waals surface area contributed by atoms with Crippen LogP contribution in [0.25, 0.3) is 0 Å². The minimum absolute atomic E-state index is 0.281. The fraction of sp³-hybridized carbons (Fsp3) is 0.857. The van der Waals surface area contributed by atoms with Crippen molar-refractivity contribution in [1.29, 1.82) is 0 Å². The summed E-state index contributed by atoms with van der Waals surface area (Å²) in [7, 11) is 2.26. The summed E-state index contributed by atoms with van der Waals surface area (Å²) in [6.45, 7) is 6.90. The Bertz CT molecular complexity index is 200. The lowest BCUT2D eigenvalue weighted by Gasteiger charge is -2.37. The fourth-order valence-corrected chi connectivity index (χ4v) is 2.14. The fourth-order valence-electron chi connectivity index (χ4n) is 2.14. The van der Waals surface area contributed by atoms with Gasteiger partial charge < -0.3 is 0 Å². The van der Waals surface area contributed by atoms with Crippen LogP contribution in [0.3, 0.4) is 0 Å². The molecule has 0 N–H and O–H groups in total. The highest BCUT2D eigenvalue weighted by molar-refractivity contribution is 4.97. The lowest BCUT2D eigenvalue weighted by molar-refractivity contribution is 0.134. The van der Waals surface area contributed by atoms with Gasteiger partial charge in [-0.25, -0.2) is 0 Å². The quantitative estimate of drug-likeness (QED) is 0.590. The summed E-state index contributed by atoms with van der Waals surface area (Å²) in [6, 6.07) is 0.642. The molecule has 0 aliphatic heterocycles.